The first-order chi connectivity index (χ1) is 8.59. The van der Waals surface area contributed by atoms with E-state index in [-0.39, 0.29) is 0 Å². The van der Waals surface area contributed by atoms with Crippen molar-refractivity contribution in [1.29, 1.82) is 0 Å². The van der Waals surface area contributed by atoms with E-state index in [0.717, 1.165) is 6.42 Å². The first-order valence-electron chi connectivity index (χ1n) is 5.74. The lowest BCUT2D eigenvalue weighted by Crippen LogP contribution is -2.42. The van der Waals surface area contributed by atoms with E-state index >= 15 is 0 Å². The van der Waals surface area contributed by atoms with Gasteiger partial charge in [0.2, 0.25) is 0 Å². The minimum atomic E-state index is -0.835. The van der Waals surface area contributed by atoms with Gasteiger partial charge in [-0.25, -0.2) is 4.79 Å². The number of carbonyl (C=O) groups is 1. The van der Waals surface area contributed by atoms with Crippen LogP contribution in [0.2, 0.25) is 0 Å². The summed E-state index contributed by atoms with van der Waals surface area (Å²) in [4.78, 5) is 12.8. The highest BCUT2D eigenvalue weighted by atomic mass is 32.1. The molecule has 1 aromatic carbocycles. The van der Waals surface area contributed by atoms with E-state index in [1.807, 2.05) is 18.2 Å². The standard InChI is InChI=1S/C12H15N3O2S/c13-8-4-1-2-5-9(8)14-12(18)15-7-3-6-10(15)11(16)17/h1-2,4-5,10H,3,6-7,13H2,(H,14,18)(H,16,17)/t10-/m0/s1. The van der Waals surface area contributed by atoms with Crippen LogP contribution in [0.4, 0.5) is 11.4 Å². The van der Waals surface area contributed by atoms with Crippen molar-refractivity contribution in [3.63, 3.8) is 0 Å². The van der Waals surface area contributed by atoms with E-state index in [1.165, 1.54) is 0 Å². The molecular formula is C12H15N3O2S. The lowest BCUT2D eigenvalue weighted by Gasteiger charge is -2.25. The van der Waals surface area contributed by atoms with Gasteiger partial charge in [0.1, 0.15) is 6.04 Å². The minimum Gasteiger partial charge on any atom is -0.480 e. The number of anilines is 2. The largest absolute Gasteiger partial charge is 0.480 e. The summed E-state index contributed by atoms with van der Waals surface area (Å²) < 4.78 is 0. The van der Waals surface area contributed by atoms with Gasteiger partial charge in [0.05, 0.1) is 11.4 Å². The van der Waals surface area contributed by atoms with Crippen molar-refractivity contribution in [1.82, 2.24) is 4.90 Å². The second-order valence-electron chi connectivity index (χ2n) is 4.21. The van der Waals surface area contributed by atoms with Crippen molar-refractivity contribution in [3.8, 4) is 0 Å². The highest BCUT2D eigenvalue weighted by Gasteiger charge is 2.32. The van der Waals surface area contributed by atoms with Crippen LogP contribution < -0.4 is 11.1 Å². The Hall–Kier alpha value is -1.82. The molecule has 1 fully saturated rings. The quantitative estimate of drug-likeness (QED) is 0.556. The normalized spacial score (nSPS) is 18.7. The third-order valence-electron chi connectivity index (χ3n) is 3.00. The fraction of sp³-hybridized carbons (Fsp3) is 0.333. The smallest absolute Gasteiger partial charge is 0.326 e. The summed E-state index contributed by atoms with van der Waals surface area (Å²) in [5, 5.41) is 12.5. The minimum absolute atomic E-state index is 0.415. The molecule has 5 nitrogen and oxygen atoms in total. The number of para-hydroxylation sites is 2. The van der Waals surface area contributed by atoms with Gasteiger partial charge in [-0.3, -0.25) is 0 Å². The fourth-order valence-corrected chi connectivity index (χ4v) is 2.39. The first-order valence-corrected chi connectivity index (χ1v) is 6.15. The molecule has 18 heavy (non-hydrogen) atoms. The number of hydrogen-bond acceptors (Lipinski definition) is 3. The van der Waals surface area contributed by atoms with Crippen molar-refractivity contribution in [2.45, 2.75) is 18.9 Å². The maximum Gasteiger partial charge on any atom is 0.326 e. The first kappa shape index (κ1) is 12.6. The number of carboxylic acids is 1. The van der Waals surface area contributed by atoms with Gasteiger partial charge in [-0.15, -0.1) is 0 Å². The SMILES string of the molecule is Nc1ccccc1NC(=S)N1CCC[C@H]1C(=O)O. The van der Waals surface area contributed by atoms with Crippen LogP contribution in [0.5, 0.6) is 0 Å². The van der Waals surface area contributed by atoms with Crippen molar-refractivity contribution < 1.29 is 9.90 Å². The van der Waals surface area contributed by atoms with Gasteiger partial charge in [0.25, 0.3) is 0 Å². The number of likely N-dealkylation sites (tertiary alicyclic amines) is 1. The Morgan fingerprint density at radius 2 is 2.22 bits per heavy atom. The summed E-state index contributed by atoms with van der Waals surface area (Å²) in [5.74, 6) is -0.835. The summed E-state index contributed by atoms with van der Waals surface area (Å²) in [6.07, 6.45) is 1.46. The molecule has 1 atom stereocenters. The van der Waals surface area contributed by atoms with E-state index in [0.29, 0.717) is 29.5 Å². The average molecular weight is 265 g/mol. The fourth-order valence-electron chi connectivity index (χ4n) is 2.06. The van der Waals surface area contributed by atoms with Crippen LogP contribution in [0, 0.1) is 0 Å². The molecule has 1 aliphatic heterocycles. The molecule has 0 aromatic heterocycles. The van der Waals surface area contributed by atoms with E-state index in [2.05, 4.69) is 5.32 Å². The summed E-state index contributed by atoms with van der Waals surface area (Å²) in [6, 6.07) is 6.73. The Morgan fingerprint density at radius 3 is 2.89 bits per heavy atom. The molecule has 1 aliphatic rings. The van der Waals surface area contributed by atoms with Gasteiger partial charge in [0.15, 0.2) is 5.11 Å². The maximum absolute atomic E-state index is 11.1. The molecule has 0 saturated carbocycles. The van der Waals surface area contributed by atoms with Gasteiger partial charge in [-0.1, -0.05) is 12.1 Å². The summed E-state index contributed by atoms with van der Waals surface area (Å²) in [7, 11) is 0. The topological polar surface area (TPSA) is 78.6 Å². The molecule has 1 aromatic rings. The molecule has 0 bridgehead atoms. The second-order valence-corrected chi connectivity index (χ2v) is 4.59. The molecule has 4 N–H and O–H groups in total. The van der Waals surface area contributed by atoms with Crippen LogP contribution in [-0.4, -0.2) is 33.7 Å². The predicted molar refractivity (Wildman–Crippen MR) is 74.4 cm³/mol. The van der Waals surface area contributed by atoms with E-state index < -0.39 is 12.0 Å². The molecule has 0 unspecified atom stereocenters. The van der Waals surface area contributed by atoms with Crippen LogP contribution >= 0.6 is 12.2 Å². The zero-order chi connectivity index (χ0) is 13.1. The third-order valence-corrected chi connectivity index (χ3v) is 3.34. The van der Waals surface area contributed by atoms with E-state index in [1.54, 1.807) is 11.0 Å². The number of thiocarbonyl (C=S) groups is 1. The van der Waals surface area contributed by atoms with E-state index in [9.17, 15) is 4.79 Å². The molecule has 0 amide bonds. The van der Waals surface area contributed by atoms with Crippen molar-refractivity contribution in [2.75, 3.05) is 17.6 Å². The number of benzene rings is 1. The number of nitrogen functional groups attached to an aromatic ring is 1. The zero-order valence-corrected chi connectivity index (χ0v) is 10.6. The number of nitrogens with zero attached hydrogens (tertiary/aromatic N) is 1. The van der Waals surface area contributed by atoms with Crippen molar-refractivity contribution in [3.05, 3.63) is 24.3 Å². The predicted octanol–water partition coefficient (Wildman–Crippen LogP) is 1.51. The third kappa shape index (κ3) is 2.53. The summed E-state index contributed by atoms with van der Waals surface area (Å²) in [5.41, 5.74) is 7.10. The number of hydrogen-bond donors (Lipinski definition) is 3. The average Bonchev–Trinajstić information content (AvgIpc) is 2.81. The monoisotopic (exact) mass is 265 g/mol. The summed E-state index contributed by atoms with van der Waals surface area (Å²) >= 11 is 5.25. The molecule has 2 rings (SSSR count). The number of carboxylic acid groups (broad SMARTS) is 1. The molecular weight excluding hydrogens is 250 g/mol. The number of nitrogens with one attached hydrogen (secondary N) is 1. The highest BCUT2D eigenvalue weighted by molar-refractivity contribution is 7.80. The Bertz CT molecular complexity index is 478. The number of rotatable bonds is 2. The van der Waals surface area contributed by atoms with Crippen LogP contribution in [-0.2, 0) is 4.79 Å². The lowest BCUT2D eigenvalue weighted by atomic mass is 10.2. The summed E-state index contributed by atoms with van der Waals surface area (Å²) in [6.45, 7) is 0.662. The Morgan fingerprint density at radius 1 is 1.50 bits per heavy atom. The van der Waals surface area contributed by atoms with Crippen LogP contribution in [0.15, 0.2) is 24.3 Å². The lowest BCUT2D eigenvalue weighted by molar-refractivity contribution is -0.140. The second kappa shape index (κ2) is 5.22. The van der Waals surface area contributed by atoms with Gasteiger partial charge in [-0.2, -0.15) is 0 Å². The van der Waals surface area contributed by atoms with Crippen LogP contribution in [0.1, 0.15) is 12.8 Å². The van der Waals surface area contributed by atoms with Crippen molar-refractivity contribution >= 4 is 34.7 Å². The molecule has 1 heterocycles. The maximum atomic E-state index is 11.1. The molecule has 96 valence electrons. The Labute approximate surface area is 111 Å². The molecule has 0 radical (unpaired) electrons. The molecule has 1 saturated heterocycles. The van der Waals surface area contributed by atoms with Crippen molar-refractivity contribution in [2.24, 2.45) is 0 Å². The molecule has 0 aliphatic carbocycles. The highest BCUT2D eigenvalue weighted by Crippen LogP contribution is 2.21. The molecule has 0 spiro atoms. The molecule has 6 heteroatoms. The van der Waals surface area contributed by atoms with Gasteiger partial charge in [-0.05, 0) is 37.2 Å². The van der Waals surface area contributed by atoms with Crippen LogP contribution in [0.3, 0.4) is 0 Å². The van der Waals surface area contributed by atoms with Gasteiger partial charge >= 0.3 is 5.97 Å². The van der Waals surface area contributed by atoms with E-state index in [4.69, 9.17) is 23.1 Å². The number of nitrogens with two attached hydrogens (primary N) is 1. The number of aliphatic carboxylic acids is 1. The van der Waals surface area contributed by atoms with Gasteiger partial charge in [0, 0.05) is 6.54 Å². The Kier molecular flexibility index (Phi) is 3.66. The zero-order valence-electron chi connectivity index (χ0n) is 9.80. The van der Waals surface area contributed by atoms with Crippen LogP contribution in [0.25, 0.3) is 0 Å². The Balaban J connectivity index is 2.08. The van der Waals surface area contributed by atoms with Gasteiger partial charge < -0.3 is 21.1 Å².